The molecule has 0 aliphatic carbocycles. The molecule has 0 fully saturated rings. The Morgan fingerprint density at radius 3 is 2.65 bits per heavy atom. The minimum atomic E-state index is -4.34. The largest absolute Gasteiger partial charge is 0.345 e. The predicted molar refractivity (Wildman–Crippen MR) is 60.1 cm³/mol. The van der Waals surface area contributed by atoms with E-state index in [1.807, 2.05) is 0 Å². The van der Waals surface area contributed by atoms with Crippen molar-refractivity contribution in [3.8, 4) is 0 Å². The first kappa shape index (κ1) is 14.3. The first-order chi connectivity index (χ1) is 7.88. The molecule has 1 unspecified atom stereocenters. The van der Waals surface area contributed by atoms with Crippen LogP contribution in [-0.2, 0) is 25.3 Å². The molecular formula is C9H12FO5PS. The molecule has 0 radical (unpaired) electrons. The number of aryl methyl sites for hydroxylation is 1. The molecule has 5 nitrogen and oxygen atoms in total. The number of rotatable bonds is 5. The number of halogens is 1. The third-order valence-corrected chi connectivity index (χ3v) is 4.00. The summed E-state index contributed by atoms with van der Waals surface area (Å²) in [5.74, 6) is -0.929. The van der Waals surface area contributed by atoms with Gasteiger partial charge in [-0.25, -0.2) is 4.39 Å². The van der Waals surface area contributed by atoms with Crippen molar-refractivity contribution in [1.82, 2.24) is 0 Å². The van der Waals surface area contributed by atoms with E-state index < -0.39 is 35.2 Å². The van der Waals surface area contributed by atoms with Gasteiger partial charge in [0.15, 0.2) is 0 Å². The molecule has 8 heteroatoms. The Balaban J connectivity index is 3.18. The van der Waals surface area contributed by atoms with E-state index in [4.69, 9.17) is 4.89 Å². The van der Waals surface area contributed by atoms with Gasteiger partial charge in [0.05, 0.1) is 0 Å². The van der Waals surface area contributed by atoms with Crippen LogP contribution in [0.25, 0.3) is 0 Å². The fraction of sp³-hybridized carbons (Fsp3) is 0.333. The molecule has 0 aliphatic rings. The summed E-state index contributed by atoms with van der Waals surface area (Å²) in [7, 11) is -7.42. The zero-order chi connectivity index (χ0) is 13.1. The van der Waals surface area contributed by atoms with E-state index in [-0.39, 0.29) is 5.56 Å². The van der Waals surface area contributed by atoms with Crippen LogP contribution in [0.1, 0.15) is 12.5 Å². The molecule has 1 aromatic carbocycles. The molecule has 17 heavy (non-hydrogen) atoms. The molecular weight excluding hydrogens is 270 g/mol. The van der Waals surface area contributed by atoms with Crippen LogP contribution in [-0.4, -0.2) is 19.7 Å². The highest BCUT2D eigenvalue weighted by Gasteiger charge is 2.23. The van der Waals surface area contributed by atoms with Crippen molar-refractivity contribution >= 4 is 18.1 Å². The van der Waals surface area contributed by atoms with Gasteiger partial charge in [0.25, 0.3) is 0 Å². The van der Waals surface area contributed by atoms with Gasteiger partial charge in [-0.3, -0.25) is 8.75 Å². The third-order valence-electron chi connectivity index (χ3n) is 2.02. The lowest BCUT2D eigenvalue weighted by atomic mass is 10.2. The Morgan fingerprint density at radius 1 is 1.47 bits per heavy atom. The summed E-state index contributed by atoms with van der Waals surface area (Å²) < 4.78 is 51.5. The average molecular weight is 282 g/mol. The standard InChI is InChI=1S/C9H12FO5PS/c1-2-7-4-3-5-8(10)9(7)17(13,14)15-6-16(11)12/h3-5,16H,2,6H2,1H3,(H,11,12). The van der Waals surface area contributed by atoms with Crippen LogP contribution in [0.15, 0.2) is 23.1 Å². The van der Waals surface area contributed by atoms with Gasteiger partial charge in [-0.2, -0.15) is 8.42 Å². The zero-order valence-corrected chi connectivity index (χ0v) is 10.8. The van der Waals surface area contributed by atoms with Gasteiger partial charge in [0, 0.05) is 0 Å². The lowest BCUT2D eigenvalue weighted by Crippen LogP contribution is -2.11. The second-order valence-corrected chi connectivity index (χ2v) is 5.82. The van der Waals surface area contributed by atoms with E-state index in [1.165, 1.54) is 12.1 Å². The molecule has 0 aliphatic heterocycles. The normalized spacial score (nSPS) is 13.6. The molecule has 1 N–H and O–H groups in total. The molecule has 1 aromatic rings. The topological polar surface area (TPSA) is 80.7 Å². The number of benzene rings is 1. The van der Waals surface area contributed by atoms with Crippen molar-refractivity contribution in [2.75, 3.05) is 6.35 Å². The van der Waals surface area contributed by atoms with Crippen molar-refractivity contribution in [1.29, 1.82) is 0 Å². The van der Waals surface area contributed by atoms with Crippen LogP contribution in [0, 0.1) is 5.82 Å². The summed E-state index contributed by atoms with van der Waals surface area (Å²) >= 11 is 0. The van der Waals surface area contributed by atoms with Crippen molar-refractivity contribution < 1.29 is 26.4 Å². The maximum atomic E-state index is 13.5. The molecule has 0 spiro atoms. The van der Waals surface area contributed by atoms with Gasteiger partial charge in [0.1, 0.15) is 17.1 Å². The molecule has 0 heterocycles. The van der Waals surface area contributed by atoms with Gasteiger partial charge in [-0.15, -0.1) is 0 Å². The average Bonchev–Trinajstić information content (AvgIpc) is 2.25. The van der Waals surface area contributed by atoms with Crippen molar-refractivity contribution in [2.45, 2.75) is 18.2 Å². The molecule has 0 amide bonds. The molecule has 0 bridgehead atoms. The quantitative estimate of drug-likeness (QED) is 0.654. The number of hydrogen-bond acceptors (Lipinski definition) is 4. The summed E-state index contributed by atoms with van der Waals surface area (Å²) in [5, 5.41) is 0. The van der Waals surface area contributed by atoms with E-state index in [9.17, 15) is 17.4 Å². The summed E-state index contributed by atoms with van der Waals surface area (Å²) in [6.07, 6.45) is -0.533. The van der Waals surface area contributed by atoms with Gasteiger partial charge in [-0.05, 0) is 18.1 Å². The van der Waals surface area contributed by atoms with E-state index in [0.717, 1.165) is 6.07 Å². The fourth-order valence-electron chi connectivity index (χ4n) is 1.30. The van der Waals surface area contributed by atoms with E-state index in [0.29, 0.717) is 6.42 Å². The van der Waals surface area contributed by atoms with Crippen LogP contribution < -0.4 is 0 Å². The van der Waals surface area contributed by atoms with Crippen LogP contribution in [0.2, 0.25) is 0 Å². The number of hydrogen-bond donors (Lipinski definition) is 1. The van der Waals surface area contributed by atoms with Gasteiger partial charge >= 0.3 is 10.1 Å². The first-order valence-corrected chi connectivity index (χ1v) is 7.74. The van der Waals surface area contributed by atoms with Crippen LogP contribution in [0.3, 0.4) is 0 Å². The summed E-state index contributed by atoms with van der Waals surface area (Å²) in [4.78, 5) is 7.96. The van der Waals surface area contributed by atoms with E-state index >= 15 is 0 Å². The van der Waals surface area contributed by atoms with Crippen LogP contribution >= 0.6 is 8.03 Å². The maximum Gasteiger partial charge on any atom is 0.300 e. The second kappa shape index (κ2) is 5.73. The van der Waals surface area contributed by atoms with Gasteiger partial charge < -0.3 is 4.89 Å². The lowest BCUT2D eigenvalue weighted by Gasteiger charge is -2.09. The highest BCUT2D eigenvalue weighted by Crippen LogP contribution is 2.24. The highest BCUT2D eigenvalue weighted by atomic mass is 32.2. The Labute approximate surface area is 99.2 Å². The van der Waals surface area contributed by atoms with Gasteiger partial charge in [-0.1, -0.05) is 19.1 Å². The Kier molecular flexibility index (Phi) is 4.82. The van der Waals surface area contributed by atoms with Crippen LogP contribution in [0.4, 0.5) is 4.39 Å². The van der Waals surface area contributed by atoms with Crippen molar-refractivity contribution in [2.24, 2.45) is 0 Å². The molecule has 1 rings (SSSR count). The Morgan fingerprint density at radius 2 is 2.12 bits per heavy atom. The van der Waals surface area contributed by atoms with E-state index in [1.54, 1.807) is 6.92 Å². The minimum absolute atomic E-state index is 0.266. The highest BCUT2D eigenvalue weighted by molar-refractivity contribution is 7.87. The van der Waals surface area contributed by atoms with Crippen LogP contribution in [0.5, 0.6) is 0 Å². The SMILES string of the molecule is CCc1cccc(F)c1S(=O)(=O)OC[PH](=O)O. The second-order valence-electron chi connectivity index (χ2n) is 3.19. The van der Waals surface area contributed by atoms with Crippen molar-refractivity contribution in [3.63, 3.8) is 0 Å². The summed E-state index contributed by atoms with van der Waals surface area (Å²) in [5.41, 5.74) is 0.266. The van der Waals surface area contributed by atoms with Crippen molar-refractivity contribution in [3.05, 3.63) is 29.6 Å². The third kappa shape index (κ3) is 3.61. The molecule has 1 atom stereocenters. The summed E-state index contributed by atoms with van der Waals surface area (Å²) in [6.45, 7) is 1.67. The Hall–Kier alpha value is -0.750. The first-order valence-electron chi connectivity index (χ1n) is 4.77. The monoisotopic (exact) mass is 282 g/mol. The predicted octanol–water partition coefficient (Wildman–Crippen LogP) is 1.52. The molecule has 0 saturated heterocycles. The molecule has 0 aromatic heterocycles. The zero-order valence-electron chi connectivity index (χ0n) is 9.01. The minimum Gasteiger partial charge on any atom is -0.345 e. The maximum absolute atomic E-state index is 13.5. The smallest absolute Gasteiger partial charge is 0.300 e. The molecule has 0 saturated carbocycles. The lowest BCUT2D eigenvalue weighted by molar-refractivity contribution is 0.352. The summed E-state index contributed by atoms with van der Waals surface area (Å²) in [6, 6.07) is 3.85. The van der Waals surface area contributed by atoms with Gasteiger partial charge in [0.2, 0.25) is 8.03 Å². The fourth-order valence-corrected chi connectivity index (χ4v) is 3.28. The Bertz CT molecular complexity index is 528. The molecule has 96 valence electrons. The van der Waals surface area contributed by atoms with E-state index in [2.05, 4.69) is 4.18 Å².